The second-order valence-corrected chi connectivity index (χ2v) is 5.28. The maximum atomic E-state index is 6.22. The van der Waals surface area contributed by atoms with E-state index >= 15 is 0 Å². The molecule has 2 rings (SSSR count). The lowest BCUT2D eigenvalue weighted by Crippen LogP contribution is -2.11. The topological polar surface area (TPSA) is 35.6 Å². The molecule has 4 nitrogen and oxygen atoms in total. The highest BCUT2D eigenvalue weighted by Crippen LogP contribution is 2.29. The molecule has 0 N–H and O–H groups in total. The van der Waals surface area contributed by atoms with Crippen LogP contribution in [0.3, 0.4) is 0 Å². The van der Waals surface area contributed by atoms with Crippen molar-refractivity contribution in [3.63, 3.8) is 0 Å². The number of nitrogens with zero attached hydrogens (tertiary/aromatic N) is 4. The van der Waals surface area contributed by atoms with Crippen molar-refractivity contribution in [2.24, 2.45) is 0 Å². The first kappa shape index (κ1) is 12.4. The second-order valence-electron chi connectivity index (χ2n) is 4.62. The Hall–Kier alpha value is -1.03. The third kappa shape index (κ3) is 1.84. The zero-order chi connectivity index (χ0) is 12.7. The molecule has 2 heterocycles. The molecule has 0 spiro atoms. The Morgan fingerprint density at radius 3 is 2.41 bits per heavy atom. The van der Waals surface area contributed by atoms with Crippen molar-refractivity contribution >= 4 is 22.8 Å². The molecule has 0 radical (unpaired) electrons. The van der Waals surface area contributed by atoms with E-state index in [1.807, 2.05) is 18.5 Å². The molecule has 17 heavy (non-hydrogen) atoms. The number of alkyl halides is 1. The van der Waals surface area contributed by atoms with Crippen LogP contribution in [0.5, 0.6) is 0 Å². The van der Waals surface area contributed by atoms with E-state index in [-0.39, 0.29) is 5.38 Å². The number of hydrogen-bond acceptors (Lipinski definition) is 2. The fourth-order valence-corrected chi connectivity index (χ4v) is 2.37. The summed E-state index contributed by atoms with van der Waals surface area (Å²) in [5, 5.41) is 4.41. The molecule has 2 aromatic rings. The van der Waals surface area contributed by atoms with Crippen molar-refractivity contribution in [2.45, 2.75) is 52.6 Å². The molecule has 0 saturated heterocycles. The zero-order valence-electron chi connectivity index (χ0n) is 11.0. The number of halogens is 1. The van der Waals surface area contributed by atoms with Gasteiger partial charge in [-0.2, -0.15) is 5.10 Å². The number of hydrogen-bond donors (Lipinski definition) is 0. The first-order chi connectivity index (χ1) is 7.97. The molecule has 0 saturated carbocycles. The summed E-state index contributed by atoms with van der Waals surface area (Å²) in [6, 6.07) is 0.331. The van der Waals surface area contributed by atoms with E-state index < -0.39 is 0 Å². The summed E-state index contributed by atoms with van der Waals surface area (Å²) in [4.78, 5) is 4.65. The maximum Gasteiger partial charge on any atom is 0.159 e. The summed E-state index contributed by atoms with van der Waals surface area (Å²) < 4.78 is 4.19. The quantitative estimate of drug-likeness (QED) is 0.787. The van der Waals surface area contributed by atoms with Gasteiger partial charge in [0.1, 0.15) is 11.3 Å². The van der Waals surface area contributed by atoms with Crippen LogP contribution in [0, 0.1) is 6.92 Å². The van der Waals surface area contributed by atoms with Gasteiger partial charge >= 0.3 is 0 Å². The van der Waals surface area contributed by atoms with Crippen LogP contribution in [-0.2, 0) is 6.54 Å². The molecule has 0 aromatic carbocycles. The Kier molecular flexibility index (Phi) is 3.17. The van der Waals surface area contributed by atoms with E-state index in [0.717, 1.165) is 29.2 Å². The van der Waals surface area contributed by atoms with Gasteiger partial charge in [0.25, 0.3) is 0 Å². The SMILES string of the molecule is CCn1nc(C)c2nc(C(C)Cl)n(C(C)C)c21. The predicted molar refractivity (Wildman–Crippen MR) is 70.6 cm³/mol. The lowest BCUT2D eigenvalue weighted by atomic mass is 10.3. The summed E-state index contributed by atoms with van der Waals surface area (Å²) in [5.74, 6) is 0.930. The van der Waals surface area contributed by atoms with Gasteiger partial charge in [-0.05, 0) is 34.6 Å². The summed E-state index contributed by atoms with van der Waals surface area (Å²) in [6.07, 6.45) is 0. The summed E-state index contributed by atoms with van der Waals surface area (Å²) in [7, 11) is 0. The van der Waals surface area contributed by atoms with Crippen molar-refractivity contribution in [3.05, 3.63) is 11.5 Å². The zero-order valence-corrected chi connectivity index (χ0v) is 11.8. The first-order valence-corrected chi connectivity index (χ1v) is 6.50. The fraction of sp³-hybridized carbons (Fsp3) is 0.667. The van der Waals surface area contributed by atoms with E-state index in [1.54, 1.807) is 0 Å². The Labute approximate surface area is 107 Å². The Morgan fingerprint density at radius 2 is 1.94 bits per heavy atom. The number of aryl methyl sites for hydroxylation is 2. The third-order valence-electron chi connectivity index (χ3n) is 2.94. The van der Waals surface area contributed by atoms with E-state index in [4.69, 9.17) is 11.6 Å². The van der Waals surface area contributed by atoms with Gasteiger partial charge < -0.3 is 4.57 Å². The van der Waals surface area contributed by atoms with Gasteiger partial charge in [-0.15, -0.1) is 11.6 Å². The molecule has 0 aliphatic heterocycles. The fourth-order valence-electron chi connectivity index (χ4n) is 2.22. The molecule has 1 atom stereocenters. The van der Waals surface area contributed by atoms with Crippen molar-refractivity contribution in [2.75, 3.05) is 0 Å². The lowest BCUT2D eigenvalue weighted by molar-refractivity contribution is 0.554. The molecule has 0 bridgehead atoms. The maximum absolute atomic E-state index is 6.22. The average molecular weight is 255 g/mol. The van der Waals surface area contributed by atoms with E-state index in [0.29, 0.717) is 6.04 Å². The molecule has 0 amide bonds. The largest absolute Gasteiger partial charge is 0.309 e. The average Bonchev–Trinajstić information content (AvgIpc) is 2.76. The van der Waals surface area contributed by atoms with Crippen LogP contribution in [-0.4, -0.2) is 19.3 Å². The van der Waals surface area contributed by atoms with Crippen LogP contribution in [0.4, 0.5) is 0 Å². The second kappa shape index (κ2) is 4.33. The number of fused-ring (bicyclic) bond motifs is 1. The van der Waals surface area contributed by atoms with Crippen LogP contribution in [0.1, 0.15) is 50.6 Å². The van der Waals surface area contributed by atoms with Gasteiger partial charge in [-0.1, -0.05) is 0 Å². The van der Waals surface area contributed by atoms with Crippen molar-refractivity contribution < 1.29 is 0 Å². The summed E-state index contributed by atoms with van der Waals surface area (Å²) >= 11 is 6.22. The van der Waals surface area contributed by atoms with Gasteiger partial charge in [-0.25, -0.2) is 9.67 Å². The van der Waals surface area contributed by atoms with E-state index in [2.05, 4.69) is 35.4 Å². The van der Waals surface area contributed by atoms with Gasteiger partial charge in [0.15, 0.2) is 5.65 Å². The third-order valence-corrected chi connectivity index (χ3v) is 3.14. The number of rotatable bonds is 3. The van der Waals surface area contributed by atoms with Crippen LogP contribution < -0.4 is 0 Å². The van der Waals surface area contributed by atoms with Crippen molar-refractivity contribution in [1.82, 2.24) is 19.3 Å². The van der Waals surface area contributed by atoms with E-state index in [1.165, 1.54) is 0 Å². The summed E-state index contributed by atoms with van der Waals surface area (Å²) in [6.45, 7) is 11.2. The van der Waals surface area contributed by atoms with Gasteiger partial charge in [0, 0.05) is 12.6 Å². The van der Waals surface area contributed by atoms with Gasteiger partial charge in [0.05, 0.1) is 11.1 Å². The molecular weight excluding hydrogens is 236 g/mol. The Morgan fingerprint density at radius 1 is 1.29 bits per heavy atom. The van der Waals surface area contributed by atoms with Crippen LogP contribution in [0.2, 0.25) is 0 Å². The first-order valence-electron chi connectivity index (χ1n) is 6.06. The Balaban J connectivity index is 2.82. The lowest BCUT2D eigenvalue weighted by Gasteiger charge is -2.14. The molecular formula is C12H19ClN4. The highest BCUT2D eigenvalue weighted by atomic mass is 35.5. The standard InChI is InChI=1S/C12H19ClN4/c1-6-16-12-10(9(5)15-16)14-11(8(4)13)17(12)7(2)3/h7-8H,6H2,1-5H3. The van der Waals surface area contributed by atoms with Crippen molar-refractivity contribution in [3.8, 4) is 0 Å². The van der Waals surface area contributed by atoms with Gasteiger partial charge in [0.2, 0.25) is 0 Å². The normalized spacial score (nSPS) is 13.8. The van der Waals surface area contributed by atoms with Crippen molar-refractivity contribution in [1.29, 1.82) is 0 Å². The molecule has 0 aliphatic rings. The minimum Gasteiger partial charge on any atom is -0.309 e. The minimum absolute atomic E-state index is 0.0884. The Bertz CT molecular complexity index is 536. The molecule has 94 valence electrons. The molecule has 2 aromatic heterocycles. The smallest absolute Gasteiger partial charge is 0.159 e. The molecule has 5 heteroatoms. The molecule has 0 aliphatic carbocycles. The van der Waals surface area contributed by atoms with Crippen LogP contribution in [0.25, 0.3) is 11.2 Å². The number of imidazole rings is 1. The molecule has 0 fully saturated rings. The van der Waals surface area contributed by atoms with Crippen LogP contribution in [0.15, 0.2) is 0 Å². The highest BCUT2D eigenvalue weighted by Gasteiger charge is 2.21. The number of aromatic nitrogens is 4. The van der Waals surface area contributed by atoms with Crippen LogP contribution >= 0.6 is 11.6 Å². The summed E-state index contributed by atoms with van der Waals surface area (Å²) in [5.41, 5.74) is 3.03. The van der Waals surface area contributed by atoms with E-state index in [9.17, 15) is 0 Å². The predicted octanol–water partition coefficient (Wildman–Crippen LogP) is 3.44. The highest BCUT2D eigenvalue weighted by molar-refractivity contribution is 6.20. The monoisotopic (exact) mass is 254 g/mol. The minimum atomic E-state index is -0.0884. The van der Waals surface area contributed by atoms with Gasteiger partial charge in [-0.3, -0.25) is 0 Å². The molecule has 1 unspecified atom stereocenters.